The molecule has 1 saturated carbocycles. The number of hydrogen-bond acceptors (Lipinski definition) is 5. The first-order valence-corrected chi connectivity index (χ1v) is 9.10. The maximum absolute atomic E-state index is 6.34. The first kappa shape index (κ1) is 16.5. The van der Waals surface area contributed by atoms with Crippen molar-refractivity contribution in [3.05, 3.63) is 42.7 Å². The van der Waals surface area contributed by atoms with Crippen LogP contribution in [0.4, 0.5) is 0 Å². The van der Waals surface area contributed by atoms with E-state index in [1.807, 2.05) is 24.5 Å². The summed E-state index contributed by atoms with van der Waals surface area (Å²) in [5.41, 5.74) is -0.0778. The van der Waals surface area contributed by atoms with E-state index in [0.29, 0.717) is 12.5 Å². The van der Waals surface area contributed by atoms with Gasteiger partial charge < -0.3 is 14.0 Å². The summed E-state index contributed by atoms with van der Waals surface area (Å²) < 4.78 is 14.4. The zero-order valence-corrected chi connectivity index (χ0v) is 14.8. The van der Waals surface area contributed by atoms with E-state index in [-0.39, 0.29) is 5.60 Å². The average molecular weight is 342 g/mol. The second kappa shape index (κ2) is 7.14. The number of aryl methyl sites for hydroxylation is 1. The SMILES string of the molecule is Cn1ccnc1CN1CCO[C@]2(CCC[C@H]2COc2cccnc2)C1. The highest BCUT2D eigenvalue weighted by molar-refractivity contribution is 5.15. The molecule has 0 aromatic carbocycles. The Morgan fingerprint density at radius 2 is 2.36 bits per heavy atom. The van der Waals surface area contributed by atoms with E-state index in [9.17, 15) is 0 Å². The maximum Gasteiger partial charge on any atom is 0.137 e. The molecule has 0 amide bonds. The fraction of sp³-hybridized carbons (Fsp3) is 0.579. The van der Waals surface area contributed by atoms with E-state index >= 15 is 0 Å². The van der Waals surface area contributed by atoms with Gasteiger partial charge in [-0.25, -0.2) is 4.98 Å². The Labute approximate surface area is 148 Å². The molecule has 2 fully saturated rings. The molecule has 0 bridgehead atoms. The van der Waals surface area contributed by atoms with Gasteiger partial charge in [-0.15, -0.1) is 0 Å². The van der Waals surface area contributed by atoms with Crippen LogP contribution in [0.3, 0.4) is 0 Å². The summed E-state index contributed by atoms with van der Waals surface area (Å²) in [6.07, 6.45) is 10.9. The number of hydrogen-bond donors (Lipinski definition) is 0. The Hall–Kier alpha value is -1.92. The molecule has 6 nitrogen and oxygen atoms in total. The van der Waals surface area contributed by atoms with Gasteiger partial charge in [0, 0.05) is 44.6 Å². The smallest absolute Gasteiger partial charge is 0.137 e. The van der Waals surface area contributed by atoms with Gasteiger partial charge in [-0.1, -0.05) is 0 Å². The van der Waals surface area contributed by atoms with Crippen LogP contribution in [0.2, 0.25) is 0 Å². The molecular weight excluding hydrogens is 316 g/mol. The Morgan fingerprint density at radius 3 is 3.16 bits per heavy atom. The van der Waals surface area contributed by atoms with E-state index in [0.717, 1.165) is 50.7 Å². The standard InChI is InChI=1S/C19H26N4O2/c1-22-9-8-21-18(22)13-23-10-11-25-19(15-23)6-2-4-16(19)14-24-17-5-3-7-20-12-17/h3,5,7-9,12,16H,2,4,6,10-11,13-15H2,1H3/t16-,19+/m0/s1. The number of nitrogens with zero attached hydrogens (tertiary/aromatic N) is 4. The van der Waals surface area contributed by atoms with Gasteiger partial charge >= 0.3 is 0 Å². The molecule has 1 aliphatic heterocycles. The van der Waals surface area contributed by atoms with Crippen molar-refractivity contribution in [2.45, 2.75) is 31.4 Å². The normalized spacial score (nSPS) is 27.0. The van der Waals surface area contributed by atoms with E-state index in [4.69, 9.17) is 9.47 Å². The van der Waals surface area contributed by atoms with Crippen molar-refractivity contribution >= 4 is 0 Å². The molecule has 2 aliphatic rings. The molecule has 1 saturated heterocycles. The van der Waals surface area contributed by atoms with Crippen LogP contribution in [0.1, 0.15) is 25.1 Å². The van der Waals surface area contributed by atoms with E-state index < -0.39 is 0 Å². The van der Waals surface area contributed by atoms with Crippen LogP contribution in [0.25, 0.3) is 0 Å². The maximum atomic E-state index is 6.34. The van der Waals surface area contributed by atoms with Crippen molar-refractivity contribution in [3.63, 3.8) is 0 Å². The fourth-order valence-corrected chi connectivity index (χ4v) is 4.14. The Morgan fingerprint density at radius 1 is 1.40 bits per heavy atom. The van der Waals surface area contributed by atoms with Gasteiger partial charge in [0.2, 0.25) is 0 Å². The highest BCUT2D eigenvalue weighted by atomic mass is 16.5. The van der Waals surface area contributed by atoms with E-state index in [1.165, 1.54) is 6.42 Å². The van der Waals surface area contributed by atoms with Gasteiger partial charge in [0.1, 0.15) is 11.6 Å². The summed E-state index contributed by atoms with van der Waals surface area (Å²) in [5, 5.41) is 0. The van der Waals surface area contributed by atoms with Crippen molar-refractivity contribution in [2.75, 3.05) is 26.3 Å². The van der Waals surface area contributed by atoms with Gasteiger partial charge in [0.05, 0.1) is 31.6 Å². The first-order valence-electron chi connectivity index (χ1n) is 9.10. The zero-order valence-electron chi connectivity index (χ0n) is 14.8. The fourth-order valence-electron chi connectivity index (χ4n) is 4.14. The Balaban J connectivity index is 1.41. The number of pyridine rings is 1. The molecule has 2 aromatic heterocycles. The summed E-state index contributed by atoms with van der Waals surface area (Å²) in [6, 6.07) is 3.87. The number of imidazole rings is 1. The van der Waals surface area contributed by atoms with Crippen molar-refractivity contribution in [2.24, 2.45) is 13.0 Å². The van der Waals surface area contributed by atoms with E-state index in [1.54, 1.807) is 12.4 Å². The van der Waals surface area contributed by atoms with Crippen LogP contribution < -0.4 is 4.74 Å². The van der Waals surface area contributed by atoms with Crippen LogP contribution in [0, 0.1) is 5.92 Å². The molecule has 1 aliphatic carbocycles. The molecule has 25 heavy (non-hydrogen) atoms. The van der Waals surface area contributed by atoms with Gasteiger partial charge in [-0.05, 0) is 31.4 Å². The molecule has 0 N–H and O–H groups in total. The van der Waals surface area contributed by atoms with Crippen molar-refractivity contribution < 1.29 is 9.47 Å². The summed E-state index contributed by atoms with van der Waals surface area (Å²) in [5.74, 6) is 2.38. The molecule has 6 heteroatoms. The van der Waals surface area contributed by atoms with Crippen molar-refractivity contribution in [1.29, 1.82) is 0 Å². The van der Waals surface area contributed by atoms with Gasteiger partial charge in [-0.3, -0.25) is 9.88 Å². The minimum absolute atomic E-state index is 0.0778. The van der Waals surface area contributed by atoms with Gasteiger partial charge in [-0.2, -0.15) is 0 Å². The topological polar surface area (TPSA) is 52.4 Å². The molecular formula is C19H26N4O2. The Kier molecular flexibility index (Phi) is 4.72. The monoisotopic (exact) mass is 342 g/mol. The van der Waals surface area contributed by atoms with Crippen LogP contribution in [-0.2, 0) is 18.3 Å². The van der Waals surface area contributed by atoms with Crippen LogP contribution >= 0.6 is 0 Å². The molecule has 1 spiro atoms. The third-order valence-corrected chi connectivity index (χ3v) is 5.56. The largest absolute Gasteiger partial charge is 0.492 e. The van der Waals surface area contributed by atoms with Crippen LogP contribution in [0.5, 0.6) is 5.75 Å². The highest BCUT2D eigenvalue weighted by Crippen LogP contribution is 2.41. The second-order valence-electron chi connectivity index (χ2n) is 7.17. The Bertz CT molecular complexity index is 690. The van der Waals surface area contributed by atoms with Gasteiger partial charge in [0.25, 0.3) is 0 Å². The molecule has 134 valence electrons. The van der Waals surface area contributed by atoms with Crippen molar-refractivity contribution in [1.82, 2.24) is 19.4 Å². The third-order valence-electron chi connectivity index (χ3n) is 5.56. The lowest BCUT2D eigenvalue weighted by Gasteiger charge is -2.44. The van der Waals surface area contributed by atoms with Crippen molar-refractivity contribution in [3.8, 4) is 5.75 Å². The molecule has 0 unspecified atom stereocenters. The second-order valence-corrected chi connectivity index (χ2v) is 7.17. The predicted octanol–water partition coefficient (Wildman–Crippen LogP) is 2.27. The lowest BCUT2D eigenvalue weighted by molar-refractivity contribution is -0.137. The average Bonchev–Trinajstić information content (AvgIpc) is 3.21. The van der Waals surface area contributed by atoms with Crippen LogP contribution in [0.15, 0.2) is 36.9 Å². The molecule has 2 atom stereocenters. The molecule has 0 radical (unpaired) electrons. The minimum atomic E-state index is -0.0778. The lowest BCUT2D eigenvalue weighted by atomic mass is 9.89. The molecule has 2 aromatic rings. The predicted molar refractivity (Wildman–Crippen MR) is 94.2 cm³/mol. The van der Waals surface area contributed by atoms with Gasteiger partial charge in [0.15, 0.2) is 0 Å². The zero-order chi connectivity index (χ0) is 17.1. The summed E-state index contributed by atoms with van der Waals surface area (Å²) >= 11 is 0. The summed E-state index contributed by atoms with van der Waals surface area (Å²) in [6.45, 7) is 4.28. The molecule has 3 heterocycles. The number of rotatable bonds is 5. The van der Waals surface area contributed by atoms with E-state index in [2.05, 4.69) is 26.5 Å². The number of morpholine rings is 1. The first-order chi connectivity index (χ1) is 12.3. The number of ether oxygens (including phenoxy) is 2. The summed E-state index contributed by atoms with van der Waals surface area (Å²) in [7, 11) is 2.05. The molecule has 4 rings (SSSR count). The lowest BCUT2D eigenvalue weighted by Crippen LogP contribution is -2.54. The minimum Gasteiger partial charge on any atom is -0.492 e. The third kappa shape index (κ3) is 3.55. The summed E-state index contributed by atoms with van der Waals surface area (Å²) in [4.78, 5) is 11.1. The number of aromatic nitrogens is 3. The quantitative estimate of drug-likeness (QED) is 0.834. The van der Waals surface area contributed by atoms with Crippen LogP contribution in [-0.4, -0.2) is 51.3 Å². The highest BCUT2D eigenvalue weighted by Gasteiger charge is 2.47.